The second-order valence-corrected chi connectivity index (χ2v) is 10.7. The highest BCUT2D eigenvalue weighted by atomic mass is 35.5. The molecule has 1 aromatic heterocycles. The number of aryl methyl sites for hydroxylation is 2. The smallest absolute Gasteiger partial charge is 0.421 e. The summed E-state index contributed by atoms with van der Waals surface area (Å²) in [5.74, 6) is 0.824. The van der Waals surface area contributed by atoms with E-state index in [2.05, 4.69) is 4.98 Å². The number of carboxylic acid groups (broad SMARTS) is 1. The van der Waals surface area contributed by atoms with Gasteiger partial charge in [0.2, 0.25) is 0 Å². The van der Waals surface area contributed by atoms with Crippen LogP contribution in [0.2, 0.25) is 5.02 Å². The van der Waals surface area contributed by atoms with E-state index in [9.17, 15) is 23.4 Å². The largest absolute Gasteiger partial charge is 0.464 e. The molecule has 0 bridgehead atoms. The molecule has 0 radical (unpaired) electrons. The molecule has 0 atom stereocenters. The lowest BCUT2D eigenvalue weighted by molar-refractivity contribution is 0.172. The number of amides is 1. The summed E-state index contributed by atoms with van der Waals surface area (Å²) >= 11 is 6.32. The predicted molar refractivity (Wildman–Crippen MR) is 138 cm³/mol. The molecule has 10 heteroatoms. The van der Waals surface area contributed by atoms with Gasteiger partial charge in [0.25, 0.3) is 10.0 Å². The molecule has 0 aliphatic heterocycles. The lowest BCUT2D eigenvalue weighted by atomic mass is 10.1. The van der Waals surface area contributed by atoms with E-state index in [1.54, 1.807) is 24.3 Å². The maximum atomic E-state index is 12.9. The van der Waals surface area contributed by atoms with Crippen molar-refractivity contribution in [2.75, 3.05) is 6.54 Å². The number of hydrogen-bond donors (Lipinski definition) is 2. The van der Waals surface area contributed by atoms with Gasteiger partial charge in [-0.1, -0.05) is 48.4 Å². The van der Waals surface area contributed by atoms with Crippen LogP contribution in [-0.2, 0) is 29.5 Å². The Balaban J connectivity index is 1.59. The van der Waals surface area contributed by atoms with Crippen molar-refractivity contribution in [1.29, 1.82) is 0 Å². The zero-order valence-corrected chi connectivity index (χ0v) is 21.4. The fraction of sp³-hybridized carbons (Fsp3) is 0.231. The summed E-state index contributed by atoms with van der Waals surface area (Å²) in [5.41, 5.74) is 4.64. The highest BCUT2D eigenvalue weighted by molar-refractivity contribution is 7.89. The van der Waals surface area contributed by atoms with E-state index >= 15 is 0 Å². The molecular weight excluding hydrogens is 502 g/mol. The number of aliphatic hydroxyl groups excluding tert-OH is 1. The minimum Gasteiger partial charge on any atom is -0.464 e. The van der Waals surface area contributed by atoms with Gasteiger partial charge < -0.3 is 10.2 Å². The van der Waals surface area contributed by atoms with Gasteiger partial charge in [0.05, 0.1) is 22.5 Å². The summed E-state index contributed by atoms with van der Waals surface area (Å²) in [7, 11) is -4.18. The first kappa shape index (κ1) is 25.7. The molecule has 3 aromatic carbocycles. The molecule has 1 amide bonds. The van der Waals surface area contributed by atoms with Crippen molar-refractivity contribution in [2.24, 2.45) is 0 Å². The Morgan fingerprint density at radius 2 is 1.75 bits per heavy atom. The maximum absolute atomic E-state index is 12.9. The van der Waals surface area contributed by atoms with Crippen LogP contribution >= 0.6 is 11.6 Å². The minimum absolute atomic E-state index is 0.0621. The molecular formula is C26H26ClN3O5S. The van der Waals surface area contributed by atoms with Gasteiger partial charge >= 0.3 is 6.09 Å². The molecule has 1 heterocycles. The second-order valence-electron chi connectivity index (χ2n) is 8.40. The molecule has 0 saturated heterocycles. The third kappa shape index (κ3) is 4.95. The number of sulfonamides is 1. The third-order valence-corrected chi connectivity index (χ3v) is 8.14. The average molecular weight is 528 g/mol. The molecule has 8 nitrogen and oxygen atoms in total. The average Bonchev–Trinajstić information content (AvgIpc) is 3.21. The highest BCUT2D eigenvalue weighted by Gasteiger charge is 2.28. The van der Waals surface area contributed by atoms with Gasteiger partial charge in [-0.15, -0.1) is 0 Å². The molecule has 0 fully saturated rings. The lowest BCUT2D eigenvalue weighted by Gasteiger charge is -2.19. The number of aromatic nitrogens is 2. The van der Waals surface area contributed by atoms with Gasteiger partial charge in [-0.25, -0.2) is 22.5 Å². The molecule has 0 saturated carbocycles. The third-order valence-electron chi connectivity index (χ3n) is 6.00. The lowest BCUT2D eigenvalue weighted by Crippen LogP contribution is -2.37. The van der Waals surface area contributed by atoms with Crippen LogP contribution in [0.3, 0.4) is 0 Å². The summed E-state index contributed by atoms with van der Waals surface area (Å²) in [6.45, 7) is 3.44. The van der Waals surface area contributed by atoms with Crippen molar-refractivity contribution in [2.45, 2.75) is 38.2 Å². The summed E-state index contributed by atoms with van der Waals surface area (Å²) < 4.78 is 28.2. The molecule has 2 N–H and O–H groups in total. The number of carbonyl (C=O) groups is 1. The van der Waals surface area contributed by atoms with E-state index in [1.165, 1.54) is 12.1 Å². The number of aliphatic hydroxyl groups is 1. The van der Waals surface area contributed by atoms with E-state index in [0.717, 1.165) is 33.7 Å². The Bertz CT molecular complexity index is 1510. The molecule has 188 valence electrons. The van der Waals surface area contributed by atoms with Crippen molar-refractivity contribution in [3.8, 4) is 5.69 Å². The first-order valence-corrected chi connectivity index (χ1v) is 13.2. The topological polar surface area (TPSA) is 113 Å². The maximum Gasteiger partial charge on any atom is 0.421 e. The predicted octanol–water partition coefficient (Wildman–Crippen LogP) is 4.95. The van der Waals surface area contributed by atoms with Crippen LogP contribution in [-0.4, -0.2) is 45.1 Å². The van der Waals surface area contributed by atoms with E-state index in [-0.39, 0.29) is 24.5 Å². The zero-order chi connectivity index (χ0) is 26.0. The quantitative estimate of drug-likeness (QED) is 0.335. The zero-order valence-electron chi connectivity index (χ0n) is 19.8. The molecule has 0 spiro atoms. The fourth-order valence-electron chi connectivity index (χ4n) is 4.04. The standard InChI is InChI=1S/C26H26ClN3O5S/c1-3-25-28-23-14-19(16-31)22(27)15-24(23)30(25)20-8-6-18(7-9-20)12-13-29(26(32)33)36(34,35)21-10-4-17(2)5-11-21/h4-11,14-15,31H,3,12-13,16H2,1-2H3,(H,32,33). The van der Waals surface area contributed by atoms with Crippen LogP contribution in [0.4, 0.5) is 4.79 Å². The van der Waals surface area contributed by atoms with Gasteiger partial charge in [0.15, 0.2) is 0 Å². The Morgan fingerprint density at radius 3 is 2.33 bits per heavy atom. The van der Waals surface area contributed by atoms with E-state index in [0.29, 0.717) is 21.3 Å². The Labute approximate surface area is 214 Å². The first-order chi connectivity index (χ1) is 17.1. The Kier molecular flexibility index (Phi) is 7.35. The van der Waals surface area contributed by atoms with Crippen LogP contribution in [0, 0.1) is 6.92 Å². The molecule has 4 rings (SSSR count). The minimum atomic E-state index is -4.18. The van der Waals surface area contributed by atoms with Gasteiger partial charge in [-0.3, -0.25) is 4.57 Å². The summed E-state index contributed by atoms with van der Waals surface area (Å²) in [4.78, 5) is 16.4. The van der Waals surface area contributed by atoms with Crippen molar-refractivity contribution in [3.63, 3.8) is 0 Å². The summed E-state index contributed by atoms with van der Waals surface area (Å²) in [6, 6.07) is 17.1. The number of halogens is 1. The molecule has 0 unspecified atom stereocenters. The Morgan fingerprint density at radius 1 is 1.08 bits per heavy atom. The molecule has 0 aliphatic rings. The van der Waals surface area contributed by atoms with Crippen LogP contribution in [0.5, 0.6) is 0 Å². The first-order valence-electron chi connectivity index (χ1n) is 11.4. The highest BCUT2D eigenvalue weighted by Crippen LogP contribution is 2.28. The van der Waals surface area contributed by atoms with Gasteiger partial charge in [0, 0.05) is 23.7 Å². The second kappa shape index (κ2) is 10.3. The van der Waals surface area contributed by atoms with Crippen LogP contribution < -0.4 is 0 Å². The fourth-order valence-corrected chi connectivity index (χ4v) is 5.53. The van der Waals surface area contributed by atoms with E-state index in [4.69, 9.17) is 11.6 Å². The number of benzene rings is 3. The Hall–Kier alpha value is -3.40. The normalized spacial score (nSPS) is 11.7. The van der Waals surface area contributed by atoms with Crippen LogP contribution in [0.15, 0.2) is 65.6 Å². The summed E-state index contributed by atoms with van der Waals surface area (Å²) in [6.07, 6.45) is -0.634. The van der Waals surface area contributed by atoms with Crippen molar-refractivity contribution in [1.82, 2.24) is 13.9 Å². The molecule has 0 aliphatic carbocycles. The SMILES string of the molecule is CCc1nc2cc(CO)c(Cl)cc2n1-c1ccc(CCN(C(=O)O)S(=O)(=O)c2ccc(C)cc2)cc1. The number of rotatable bonds is 8. The van der Waals surface area contributed by atoms with Crippen LogP contribution in [0.1, 0.15) is 29.4 Å². The molecule has 36 heavy (non-hydrogen) atoms. The van der Waals surface area contributed by atoms with Crippen LogP contribution in [0.25, 0.3) is 16.7 Å². The number of imidazole rings is 1. The van der Waals surface area contributed by atoms with Crippen molar-refractivity contribution in [3.05, 3.63) is 88.2 Å². The van der Waals surface area contributed by atoms with E-state index in [1.807, 2.05) is 42.7 Å². The van der Waals surface area contributed by atoms with Gasteiger partial charge in [-0.2, -0.15) is 0 Å². The van der Waals surface area contributed by atoms with Gasteiger partial charge in [-0.05, 0) is 60.9 Å². The molecule has 4 aromatic rings. The number of hydrogen-bond acceptors (Lipinski definition) is 5. The summed E-state index contributed by atoms with van der Waals surface area (Å²) in [5, 5.41) is 19.6. The monoisotopic (exact) mass is 527 g/mol. The van der Waals surface area contributed by atoms with E-state index < -0.39 is 16.1 Å². The number of nitrogens with zero attached hydrogens (tertiary/aromatic N) is 3. The van der Waals surface area contributed by atoms with Gasteiger partial charge in [0.1, 0.15) is 5.82 Å². The number of fused-ring (bicyclic) bond motifs is 1. The van der Waals surface area contributed by atoms with Crippen molar-refractivity contribution >= 4 is 38.8 Å². The van der Waals surface area contributed by atoms with Crippen molar-refractivity contribution < 1.29 is 23.4 Å².